The molecule has 0 unspecified atom stereocenters. The van der Waals surface area contributed by atoms with Crippen molar-refractivity contribution in [2.24, 2.45) is 0 Å². The van der Waals surface area contributed by atoms with Crippen molar-refractivity contribution >= 4 is 29.2 Å². The van der Waals surface area contributed by atoms with Gasteiger partial charge < -0.3 is 9.47 Å². The van der Waals surface area contributed by atoms with Gasteiger partial charge in [-0.2, -0.15) is 0 Å². The van der Waals surface area contributed by atoms with E-state index < -0.39 is 0 Å². The van der Waals surface area contributed by atoms with E-state index in [2.05, 4.69) is 6.58 Å². The lowest BCUT2D eigenvalue weighted by Crippen LogP contribution is -2.15. The van der Waals surface area contributed by atoms with Crippen molar-refractivity contribution in [3.63, 3.8) is 0 Å². The van der Waals surface area contributed by atoms with E-state index in [9.17, 15) is 4.79 Å². The minimum absolute atomic E-state index is 0.150. The minimum atomic E-state index is -0.387. The predicted molar refractivity (Wildman–Crippen MR) is 95.4 cm³/mol. The molecule has 128 valence electrons. The first-order valence-corrected chi connectivity index (χ1v) is 8.73. The Morgan fingerprint density at radius 1 is 1.09 bits per heavy atom. The van der Waals surface area contributed by atoms with Crippen LogP contribution in [0.2, 0.25) is 10.0 Å². The molecule has 0 radical (unpaired) electrons. The second-order valence-electron chi connectivity index (χ2n) is 5.28. The van der Waals surface area contributed by atoms with Crippen LogP contribution in [-0.4, -0.2) is 19.2 Å². The molecule has 3 nitrogen and oxygen atoms in total. The highest BCUT2D eigenvalue weighted by molar-refractivity contribution is 6.35. The van der Waals surface area contributed by atoms with E-state index in [-0.39, 0.29) is 12.6 Å². The summed E-state index contributed by atoms with van der Waals surface area (Å²) in [5, 5.41) is 0.899. The highest BCUT2D eigenvalue weighted by atomic mass is 35.5. The van der Waals surface area contributed by atoms with Gasteiger partial charge in [-0.1, -0.05) is 55.0 Å². The van der Waals surface area contributed by atoms with Crippen molar-refractivity contribution in [3.05, 3.63) is 40.9 Å². The highest BCUT2D eigenvalue weighted by Gasteiger charge is 2.07. The van der Waals surface area contributed by atoms with Gasteiger partial charge >= 0.3 is 5.97 Å². The van der Waals surface area contributed by atoms with Crippen LogP contribution < -0.4 is 4.74 Å². The van der Waals surface area contributed by atoms with Crippen LogP contribution in [-0.2, 0) is 9.53 Å². The van der Waals surface area contributed by atoms with Crippen molar-refractivity contribution in [2.45, 2.75) is 44.9 Å². The molecule has 0 heterocycles. The van der Waals surface area contributed by atoms with E-state index >= 15 is 0 Å². The Labute approximate surface area is 148 Å². The molecule has 0 aliphatic heterocycles. The average molecular weight is 359 g/mol. The SMILES string of the molecule is C=CCCCCCCCCOC(=O)COc1ccc(Cl)cc1Cl. The maximum Gasteiger partial charge on any atom is 0.344 e. The zero-order valence-electron chi connectivity index (χ0n) is 13.4. The number of carbonyl (C=O) groups excluding carboxylic acids is 1. The minimum Gasteiger partial charge on any atom is -0.480 e. The summed E-state index contributed by atoms with van der Waals surface area (Å²) in [7, 11) is 0. The number of carbonyl (C=O) groups is 1. The van der Waals surface area contributed by atoms with Crippen molar-refractivity contribution in [1.29, 1.82) is 0 Å². The first-order valence-electron chi connectivity index (χ1n) is 7.98. The molecule has 0 aromatic heterocycles. The summed E-state index contributed by atoms with van der Waals surface area (Å²) in [6.45, 7) is 3.99. The van der Waals surface area contributed by atoms with Crippen molar-refractivity contribution < 1.29 is 14.3 Å². The second kappa shape index (κ2) is 12.3. The summed E-state index contributed by atoms with van der Waals surface area (Å²) in [4.78, 5) is 11.6. The van der Waals surface area contributed by atoms with Crippen molar-refractivity contribution in [2.75, 3.05) is 13.2 Å². The molecule has 1 aromatic rings. The van der Waals surface area contributed by atoms with Crippen molar-refractivity contribution in [1.82, 2.24) is 0 Å². The molecule has 0 saturated heterocycles. The molecule has 0 aliphatic carbocycles. The van der Waals surface area contributed by atoms with Gasteiger partial charge in [-0.15, -0.1) is 6.58 Å². The van der Waals surface area contributed by atoms with Crippen LogP contribution in [0, 0.1) is 0 Å². The average Bonchev–Trinajstić information content (AvgIpc) is 2.52. The molecule has 0 atom stereocenters. The van der Waals surface area contributed by atoms with Gasteiger partial charge in [0, 0.05) is 5.02 Å². The number of rotatable bonds is 12. The standard InChI is InChI=1S/C18H24Cl2O3/c1-2-3-4-5-6-7-8-9-12-22-18(21)14-23-17-11-10-15(19)13-16(17)20/h2,10-11,13H,1,3-9,12,14H2. The van der Waals surface area contributed by atoms with E-state index in [1.54, 1.807) is 18.2 Å². The summed E-state index contributed by atoms with van der Waals surface area (Å²) in [6, 6.07) is 4.85. The highest BCUT2D eigenvalue weighted by Crippen LogP contribution is 2.27. The van der Waals surface area contributed by atoms with E-state index in [0.29, 0.717) is 22.4 Å². The first-order chi connectivity index (χ1) is 11.1. The lowest BCUT2D eigenvalue weighted by Gasteiger charge is -2.08. The van der Waals surface area contributed by atoms with Gasteiger partial charge in [0.05, 0.1) is 11.6 Å². The Kier molecular flexibility index (Phi) is 10.6. The number of benzene rings is 1. The van der Waals surface area contributed by atoms with Gasteiger partial charge in [-0.25, -0.2) is 4.79 Å². The Bertz CT molecular complexity index is 489. The fourth-order valence-electron chi connectivity index (χ4n) is 2.05. The van der Waals surface area contributed by atoms with Crippen LogP contribution in [0.3, 0.4) is 0 Å². The number of hydrogen-bond donors (Lipinski definition) is 0. The molecule has 0 fully saturated rings. The van der Waals surface area contributed by atoms with Crippen LogP contribution in [0.5, 0.6) is 5.75 Å². The molecule has 5 heteroatoms. The first kappa shape index (κ1) is 19.9. The number of halogens is 2. The predicted octanol–water partition coefficient (Wildman–Crippen LogP) is 5.83. The van der Waals surface area contributed by atoms with Gasteiger partial charge in [-0.3, -0.25) is 0 Å². The van der Waals surface area contributed by atoms with E-state index in [4.69, 9.17) is 32.7 Å². The number of esters is 1. The topological polar surface area (TPSA) is 35.5 Å². The Morgan fingerprint density at radius 3 is 2.48 bits per heavy atom. The van der Waals surface area contributed by atoms with Crippen LogP contribution in [0.1, 0.15) is 44.9 Å². The van der Waals surface area contributed by atoms with Gasteiger partial charge in [-0.05, 0) is 37.5 Å². The lowest BCUT2D eigenvalue weighted by molar-refractivity contribution is -0.146. The zero-order chi connectivity index (χ0) is 16.9. The quantitative estimate of drug-likeness (QED) is 0.267. The van der Waals surface area contributed by atoms with Crippen LogP contribution >= 0.6 is 23.2 Å². The normalized spacial score (nSPS) is 10.3. The Balaban J connectivity index is 2.03. The van der Waals surface area contributed by atoms with E-state index in [1.807, 2.05) is 6.08 Å². The Morgan fingerprint density at radius 2 is 1.78 bits per heavy atom. The number of ether oxygens (including phenoxy) is 2. The summed E-state index contributed by atoms with van der Waals surface area (Å²) >= 11 is 11.7. The summed E-state index contributed by atoms with van der Waals surface area (Å²) in [6.07, 6.45) is 9.85. The van der Waals surface area contributed by atoms with Crippen LogP contribution in [0.4, 0.5) is 0 Å². The molecule has 0 bridgehead atoms. The molecule has 0 saturated carbocycles. The molecule has 0 aliphatic rings. The fraction of sp³-hybridized carbons (Fsp3) is 0.500. The van der Waals surface area contributed by atoms with Gasteiger partial charge in [0.15, 0.2) is 6.61 Å². The third-order valence-electron chi connectivity index (χ3n) is 3.31. The fourth-order valence-corrected chi connectivity index (χ4v) is 2.52. The molecule has 0 amide bonds. The molecule has 23 heavy (non-hydrogen) atoms. The largest absolute Gasteiger partial charge is 0.480 e. The van der Waals surface area contributed by atoms with E-state index in [0.717, 1.165) is 19.3 Å². The van der Waals surface area contributed by atoms with Crippen LogP contribution in [0.15, 0.2) is 30.9 Å². The summed E-state index contributed by atoms with van der Waals surface area (Å²) < 4.78 is 10.4. The third-order valence-corrected chi connectivity index (χ3v) is 3.84. The maximum atomic E-state index is 11.6. The van der Waals surface area contributed by atoms with Gasteiger partial charge in [0.25, 0.3) is 0 Å². The number of hydrogen-bond acceptors (Lipinski definition) is 3. The smallest absolute Gasteiger partial charge is 0.344 e. The molecule has 1 aromatic carbocycles. The third kappa shape index (κ3) is 9.52. The van der Waals surface area contributed by atoms with Crippen molar-refractivity contribution in [3.8, 4) is 5.75 Å². The zero-order valence-corrected chi connectivity index (χ0v) is 14.9. The van der Waals surface area contributed by atoms with Gasteiger partial charge in [0.2, 0.25) is 0 Å². The summed E-state index contributed by atoms with van der Waals surface area (Å²) in [5.74, 6) is 0.0366. The second-order valence-corrected chi connectivity index (χ2v) is 6.13. The van der Waals surface area contributed by atoms with Gasteiger partial charge in [0.1, 0.15) is 5.75 Å². The molecular weight excluding hydrogens is 335 g/mol. The van der Waals surface area contributed by atoms with E-state index in [1.165, 1.54) is 25.7 Å². The number of unbranched alkanes of at least 4 members (excludes halogenated alkanes) is 6. The number of allylic oxidation sites excluding steroid dienone is 1. The summed E-state index contributed by atoms with van der Waals surface area (Å²) in [5.41, 5.74) is 0. The maximum absolute atomic E-state index is 11.6. The monoisotopic (exact) mass is 358 g/mol. The lowest BCUT2D eigenvalue weighted by atomic mass is 10.1. The molecule has 0 N–H and O–H groups in total. The Hall–Kier alpha value is -1.19. The molecule has 0 spiro atoms. The molecule has 1 rings (SSSR count). The van der Waals surface area contributed by atoms with Crippen LogP contribution in [0.25, 0.3) is 0 Å². The molecular formula is C18H24Cl2O3.